The maximum atomic E-state index is 9.05. The van der Waals surface area contributed by atoms with E-state index in [0.717, 1.165) is 12.8 Å². The Balaban J connectivity index is 2.38. The number of unbranched alkanes of at least 4 members (excludes halogenated alkanes) is 5. The van der Waals surface area contributed by atoms with Crippen molar-refractivity contribution in [2.24, 2.45) is 0 Å². The molecule has 0 unspecified atom stereocenters. The number of nitriles is 2. The molecule has 0 N–H and O–H groups in total. The molecule has 1 rings (SSSR count). The van der Waals surface area contributed by atoms with Gasteiger partial charge in [0.25, 0.3) is 0 Å². The van der Waals surface area contributed by atoms with Crippen molar-refractivity contribution in [2.75, 3.05) is 6.61 Å². The van der Waals surface area contributed by atoms with Gasteiger partial charge in [-0.25, -0.2) is 0 Å². The highest BCUT2D eigenvalue weighted by Crippen LogP contribution is 2.21. The van der Waals surface area contributed by atoms with Crippen LogP contribution in [0.5, 0.6) is 5.75 Å². The zero-order valence-corrected chi connectivity index (χ0v) is 11.5. The third kappa shape index (κ3) is 5.02. The van der Waals surface area contributed by atoms with Gasteiger partial charge in [-0.05, 0) is 18.6 Å². The monoisotopic (exact) mass is 256 g/mol. The van der Waals surface area contributed by atoms with Crippen LogP contribution >= 0.6 is 0 Å². The minimum atomic E-state index is 0.344. The van der Waals surface area contributed by atoms with Gasteiger partial charge in [0.2, 0.25) is 0 Å². The Morgan fingerprint density at radius 2 is 1.74 bits per heavy atom. The molecule has 0 radical (unpaired) electrons. The van der Waals surface area contributed by atoms with Crippen LogP contribution in [0.15, 0.2) is 18.2 Å². The average Bonchev–Trinajstić information content (AvgIpc) is 2.45. The standard InChI is InChI=1S/C16H20N2O/c1-2-3-4-5-6-7-11-19-16-10-8-9-14(12-17)15(16)13-18/h8-10H,2-7,11H2,1H3. The molecule has 0 aliphatic carbocycles. The van der Waals surface area contributed by atoms with Gasteiger partial charge in [-0.2, -0.15) is 10.5 Å². The highest BCUT2D eigenvalue weighted by molar-refractivity contribution is 5.53. The molecule has 1 aromatic carbocycles. The average molecular weight is 256 g/mol. The third-order valence-corrected chi connectivity index (χ3v) is 3.01. The lowest BCUT2D eigenvalue weighted by molar-refractivity contribution is 0.303. The molecule has 19 heavy (non-hydrogen) atoms. The quantitative estimate of drug-likeness (QED) is 0.656. The first-order valence-corrected chi connectivity index (χ1v) is 6.89. The summed E-state index contributed by atoms with van der Waals surface area (Å²) < 4.78 is 5.60. The fourth-order valence-corrected chi connectivity index (χ4v) is 1.92. The normalized spacial score (nSPS) is 9.63. The molecule has 3 heteroatoms. The molecule has 0 saturated carbocycles. The molecule has 0 aliphatic rings. The van der Waals surface area contributed by atoms with Crippen LogP contribution in [0.1, 0.15) is 56.6 Å². The van der Waals surface area contributed by atoms with Crippen LogP contribution in [0.25, 0.3) is 0 Å². The number of nitrogens with zero attached hydrogens (tertiary/aromatic N) is 2. The van der Waals surface area contributed by atoms with Gasteiger partial charge >= 0.3 is 0 Å². The number of hydrogen-bond acceptors (Lipinski definition) is 3. The molecule has 0 aromatic heterocycles. The first-order chi connectivity index (χ1) is 9.33. The molecular weight excluding hydrogens is 236 g/mol. The molecule has 100 valence electrons. The second-order valence-electron chi connectivity index (χ2n) is 4.52. The number of ether oxygens (including phenoxy) is 1. The molecule has 0 heterocycles. The fourth-order valence-electron chi connectivity index (χ4n) is 1.92. The predicted molar refractivity (Wildman–Crippen MR) is 74.7 cm³/mol. The van der Waals surface area contributed by atoms with Gasteiger partial charge in [0, 0.05) is 0 Å². The van der Waals surface area contributed by atoms with Crippen LogP contribution in [0.4, 0.5) is 0 Å². The lowest BCUT2D eigenvalue weighted by atomic mass is 10.1. The van der Waals surface area contributed by atoms with E-state index in [2.05, 4.69) is 6.92 Å². The molecule has 0 bridgehead atoms. The Hall–Kier alpha value is -2.00. The number of rotatable bonds is 8. The second kappa shape index (κ2) is 9.00. The van der Waals surface area contributed by atoms with E-state index in [1.807, 2.05) is 12.1 Å². The van der Waals surface area contributed by atoms with E-state index in [-0.39, 0.29) is 0 Å². The predicted octanol–water partition coefficient (Wildman–Crippen LogP) is 4.17. The Morgan fingerprint density at radius 1 is 1.00 bits per heavy atom. The van der Waals surface area contributed by atoms with Crippen molar-refractivity contribution < 1.29 is 4.74 Å². The van der Waals surface area contributed by atoms with Gasteiger partial charge in [-0.1, -0.05) is 45.1 Å². The van der Waals surface area contributed by atoms with E-state index in [4.69, 9.17) is 15.3 Å². The molecule has 0 amide bonds. The van der Waals surface area contributed by atoms with E-state index >= 15 is 0 Å². The zero-order valence-electron chi connectivity index (χ0n) is 11.5. The van der Waals surface area contributed by atoms with Crippen LogP contribution in [0, 0.1) is 22.7 Å². The van der Waals surface area contributed by atoms with Gasteiger partial charge in [0.05, 0.1) is 12.2 Å². The summed E-state index contributed by atoms with van der Waals surface area (Å²) in [5, 5.41) is 18.0. The smallest absolute Gasteiger partial charge is 0.138 e. The van der Waals surface area contributed by atoms with Crippen LogP contribution in [0.2, 0.25) is 0 Å². The van der Waals surface area contributed by atoms with Crippen molar-refractivity contribution in [2.45, 2.75) is 45.4 Å². The Labute approximate surface area is 115 Å². The van der Waals surface area contributed by atoms with Crippen molar-refractivity contribution in [3.8, 4) is 17.9 Å². The van der Waals surface area contributed by atoms with Crippen molar-refractivity contribution in [3.05, 3.63) is 29.3 Å². The molecule has 1 aromatic rings. The Kier molecular flexibility index (Phi) is 7.13. The summed E-state index contributed by atoms with van der Waals surface area (Å²) >= 11 is 0. The zero-order chi connectivity index (χ0) is 13.9. The molecule has 0 fully saturated rings. The van der Waals surface area contributed by atoms with Gasteiger partial charge in [-0.3, -0.25) is 0 Å². The van der Waals surface area contributed by atoms with Gasteiger partial charge in [-0.15, -0.1) is 0 Å². The number of hydrogen-bond donors (Lipinski definition) is 0. The van der Waals surface area contributed by atoms with Crippen molar-refractivity contribution in [1.29, 1.82) is 10.5 Å². The summed E-state index contributed by atoms with van der Waals surface area (Å²) in [7, 11) is 0. The fraction of sp³-hybridized carbons (Fsp3) is 0.500. The third-order valence-electron chi connectivity index (χ3n) is 3.01. The summed E-state index contributed by atoms with van der Waals surface area (Å²) in [6.45, 7) is 2.81. The molecule has 3 nitrogen and oxygen atoms in total. The first kappa shape index (κ1) is 15.1. The number of benzene rings is 1. The lowest BCUT2D eigenvalue weighted by Crippen LogP contribution is -2.00. The summed E-state index contributed by atoms with van der Waals surface area (Å²) in [6, 6.07) is 9.17. The Bertz CT molecular complexity index is 469. The van der Waals surface area contributed by atoms with Crippen LogP contribution in [-0.2, 0) is 0 Å². The SMILES string of the molecule is CCCCCCCCOc1cccc(C#N)c1C#N. The van der Waals surface area contributed by atoms with Gasteiger partial charge in [0.1, 0.15) is 23.5 Å². The molecule has 0 saturated heterocycles. The lowest BCUT2D eigenvalue weighted by Gasteiger charge is -2.08. The molecular formula is C16H20N2O. The molecule has 0 atom stereocenters. The molecule has 0 aliphatic heterocycles. The minimum Gasteiger partial charge on any atom is -0.492 e. The summed E-state index contributed by atoms with van der Waals surface area (Å²) in [4.78, 5) is 0. The van der Waals surface area contributed by atoms with Crippen LogP contribution < -0.4 is 4.74 Å². The van der Waals surface area contributed by atoms with Gasteiger partial charge in [0.15, 0.2) is 0 Å². The summed E-state index contributed by atoms with van der Waals surface area (Å²) in [5.74, 6) is 0.523. The summed E-state index contributed by atoms with van der Waals surface area (Å²) in [5.41, 5.74) is 0.721. The minimum absolute atomic E-state index is 0.344. The van der Waals surface area contributed by atoms with E-state index in [1.54, 1.807) is 18.2 Å². The van der Waals surface area contributed by atoms with Gasteiger partial charge < -0.3 is 4.74 Å². The Morgan fingerprint density at radius 3 is 2.42 bits per heavy atom. The van der Waals surface area contributed by atoms with E-state index in [1.165, 1.54) is 25.7 Å². The highest BCUT2D eigenvalue weighted by Gasteiger charge is 2.08. The maximum absolute atomic E-state index is 9.05. The van der Waals surface area contributed by atoms with Crippen molar-refractivity contribution in [1.82, 2.24) is 0 Å². The van der Waals surface area contributed by atoms with E-state index < -0.39 is 0 Å². The topological polar surface area (TPSA) is 56.8 Å². The molecule has 0 spiro atoms. The maximum Gasteiger partial charge on any atom is 0.138 e. The summed E-state index contributed by atoms with van der Waals surface area (Å²) in [6.07, 6.45) is 7.21. The van der Waals surface area contributed by atoms with E-state index in [9.17, 15) is 0 Å². The van der Waals surface area contributed by atoms with Crippen LogP contribution in [0.3, 0.4) is 0 Å². The van der Waals surface area contributed by atoms with Crippen molar-refractivity contribution >= 4 is 0 Å². The second-order valence-corrected chi connectivity index (χ2v) is 4.52. The first-order valence-electron chi connectivity index (χ1n) is 6.89. The van der Waals surface area contributed by atoms with Crippen molar-refractivity contribution in [3.63, 3.8) is 0 Å². The highest BCUT2D eigenvalue weighted by atomic mass is 16.5. The van der Waals surface area contributed by atoms with Crippen LogP contribution in [-0.4, -0.2) is 6.61 Å². The largest absolute Gasteiger partial charge is 0.492 e. The van der Waals surface area contributed by atoms with E-state index in [0.29, 0.717) is 23.5 Å².